The smallest absolute Gasteiger partial charge is 0.0718 e. The van der Waals surface area contributed by atoms with Gasteiger partial charge in [-0.3, -0.25) is 4.68 Å². The predicted molar refractivity (Wildman–Crippen MR) is 87.7 cm³/mol. The molecule has 0 saturated carbocycles. The molecule has 0 aliphatic heterocycles. The summed E-state index contributed by atoms with van der Waals surface area (Å²) in [4.78, 5) is 0. The second kappa shape index (κ2) is 8.15. The van der Waals surface area contributed by atoms with Gasteiger partial charge < -0.3 is 10.1 Å². The maximum absolute atomic E-state index is 5.42. The molecule has 0 spiro atoms. The Morgan fingerprint density at radius 3 is 2.81 bits per heavy atom. The highest BCUT2D eigenvalue weighted by molar-refractivity contribution is 5.82. The van der Waals surface area contributed by atoms with Crippen LogP contribution in [0.3, 0.4) is 0 Å². The lowest BCUT2D eigenvalue weighted by Gasteiger charge is -2.15. The SMILES string of the molecule is CCOCCCC(Cc1nn(CC)c2ccccc12)NC. The molecular formula is C17H27N3O. The number of hydrogen-bond donors (Lipinski definition) is 1. The molecule has 0 radical (unpaired) electrons. The predicted octanol–water partition coefficient (Wildman–Crippen LogP) is 3.00. The van der Waals surface area contributed by atoms with Crippen molar-refractivity contribution in [2.45, 2.75) is 45.7 Å². The third-order valence-electron chi connectivity index (χ3n) is 3.93. The highest BCUT2D eigenvalue weighted by Gasteiger charge is 2.14. The van der Waals surface area contributed by atoms with Crippen LogP contribution in [-0.4, -0.2) is 36.1 Å². The lowest BCUT2D eigenvalue weighted by Crippen LogP contribution is -2.28. The molecule has 1 atom stereocenters. The maximum Gasteiger partial charge on any atom is 0.0718 e. The summed E-state index contributed by atoms with van der Waals surface area (Å²) in [5.74, 6) is 0. The van der Waals surface area contributed by atoms with Crippen molar-refractivity contribution in [3.63, 3.8) is 0 Å². The van der Waals surface area contributed by atoms with E-state index in [1.165, 1.54) is 16.6 Å². The number of ether oxygens (including phenoxy) is 1. The van der Waals surface area contributed by atoms with Gasteiger partial charge in [-0.2, -0.15) is 5.10 Å². The first-order chi connectivity index (χ1) is 10.3. The van der Waals surface area contributed by atoms with E-state index in [1.807, 2.05) is 14.0 Å². The Morgan fingerprint density at radius 2 is 2.10 bits per heavy atom. The molecule has 21 heavy (non-hydrogen) atoms. The average molecular weight is 289 g/mol. The van der Waals surface area contributed by atoms with Gasteiger partial charge in [0.2, 0.25) is 0 Å². The number of aromatic nitrogens is 2. The van der Waals surface area contributed by atoms with Crippen molar-refractivity contribution < 1.29 is 4.74 Å². The van der Waals surface area contributed by atoms with Crippen molar-refractivity contribution in [2.24, 2.45) is 0 Å². The van der Waals surface area contributed by atoms with Gasteiger partial charge >= 0.3 is 0 Å². The summed E-state index contributed by atoms with van der Waals surface area (Å²) in [5, 5.41) is 9.48. The number of rotatable bonds is 9. The molecule has 0 saturated heterocycles. The molecule has 2 rings (SSSR count). The van der Waals surface area contributed by atoms with Crippen LogP contribution in [0.2, 0.25) is 0 Å². The summed E-state index contributed by atoms with van der Waals surface area (Å²) in [6.45, 7) is 6.74. The van der Waals surface area contributed by atoms with Crippen molar-refractivity contribution in [3.05, 3.63) is 30.0 Å². The molecule has 1 N–H and O–H groups in total. The Hall–Kier alpha value is -1.39. The van der Waals surface area contributed by atoms with Crippen LogP contribution in [0.5, 0.6) is 0 Å². The van der Waals surface area contributed by atoms with Crippen LogP contribution in [0.1, 0.15) is 32.4 Å². The molecule has 0 aliphatic carbocycles. The average Bonchev–Trinajstić information content (AvgIpc) is 2.88. The molecule has 0 aliphatic rings. The molecule has 1 aromatic heterocycles. The van der Waals surface area contributed by atoms with Crippen LogP contribution in [0.4, 0.5) is 0 Å². The minimum absolute atomic E-state index is 0.453. The largest absolute Gasteiger partial charge is 0.382 e. The molecule has 1 unspecified atom stereocenters. The summed E-state index contributed by atoms with van der Waals surface area (Å²) in [7, 11) is 2.03. The van der Waals surface area contributed by atoms with E-state index in [4.69, 9.17) is 9.84 Å². The number of likely N-dealkylation sites (N-methyl/N-ethyl adjacent to an activating group) is 1. The third kappa shape index (κ3) is 4.05. The second-order valence-corrected chi connectivity index (χ2v) is 5.31. The Kier molecular flexibility index (Phi) is 6.21. The molecule has 2 aromatic rings. The Bertz CT molecular complexity index is 550. The van der Waals surface area contributed by atoms with E-state index in [1.54, 1.807) is 0 Å². The molecule has 0 bridgehead atoms. The minimum atomic E-state index is 0.453. The lowest BCUT2D eigenvalue weighted by atomic mass is 10.0. The van der Waals surface area contributed by atoms with Crippen LogP contribution >= 0.6 is 0 Å². The highest BCUT2D eigenvalue weighted by atomic mass is 16.5. The van der Waals surface area contributed by atoms with Gasteiger partial charge in [0, 0.05) is 37.6 Å². The van der Waals surface area contributed by atoms with Gasteiger partial charge in [-0.1, -0.05) is 18.2 Å². The number of fused-ring (bicyclic) bond motifs is 1. The topological polar surface area (TPSA) is 39.1 Å². The first-order valence-electron chi connectivity index (χ1n) is 7.99. The van der Waals surface area contributed by atoms with Gasteiger partial charge in [0.05, 0.1) is 11.2 Å². The molecule has 4 heteroatoms. The maximum atomic E-state index is 5.42. The summed E-state index contributed by atoms with van der Waals surface area (Å²) in [5.41, 5.74) is 2.43. The number of nitrogens with one attached hydrogen (secondary N) is 1. The van der Waals surface area contributed by atoms with E-state index >= 15 is 0 Å². The second-order valence-electron chi connectivity index (χ2n) is 5.31. The minimum Gasteiger partial charge on any atom is -0.382 e. The van der Waals surface area contributed by atoms with Crippen molar-refractivity contribution >= 4 is 10.9 Å². The number of hydrogen-bond acceptors (Lipinski definition) is 3. The standard InChI is InChI=1S/C17H27N3O/c1-4-20-17-11-7-6-10-15(17)16(19-20)13-14(18-3)9-8-12-21-5-2/h6-7,10-11,14,18H,4-5,8-9,12-13H2,1-3H3. The van der Waals surface area contributed by atoms with Crippen LogP contribution in [0, 0.1) is 0 Å². The van der Waals surface area contributed by atoms with Gasteiger partial charge in [0.15, 0.2) is 0 Å². The Labute approximate surface area is 127 Å². The van der Waals surface area contributed by atoms with E-state index < -0.39 is 0 Å². The molecule has 0 amide bonds. The van der Waals surface area contributed by atoms with E-state index in [0.29, 0.717) is 6.04 Å². The summed E-state index contributed by atoms with van der Waals surface area (Å²) < 4.78 is 7.52. The van der Waals surface area contributed by atoms with E-state index in [0.717, 1.165) is 39.0 Å². The fourth-order valence-corrected chi connectivity index (χ4v) is 2.75. The van der Waals surface area contributed by atoms with Crippen LogP contribution in [-0.2, 0) is 17.7 Å². The van der Waals surface area contributed by atoms with Crippen molar-refractivity contribution in [1.29, 1.82) is 0 Å². The molecule has 1 heterocycles. The zero-order valence-electron chi connectivity index (χ0n) is 13.4. The van der Waals surface area contributed by atoms with Crippen molar-refractivity contribution in [2.75, 3.05) is 20.3 Å². The lowest BCUT2D eigenvalue weighted by molar-refractivity contribution is 0.141. The van der Waals surface area contributed by atoms with E-state index in [-0.39, 0.29) is 0 Å². The fourth-order valence-electron chi connectivity index (χ4n) is 2.75. The van der Waals surface area contributed by atoms with Crippen LogP contribution in [0.15, 0.2) is 24.3 Å². The normalized spacial score (nSPS) is 12.9. The van der Waals surface area contributed by atoms with Crippen molar-refractivity contribution in [3.8, 4) is 0 Å². The summed E-state index contributed by atoms with van der Waals surface area (Å²) >= 11 is 0. The number of benzene rings is 1. The number of aryl methyl sites for hydroxylation is 1. The Balaban J connectivity index is 2.07. The first kappa shape index (κ1) is 16.0. The highest BCUT2D eigenvalue weighted by Crippen LogP contribution is 2.20. The van der Waals surface area contributed by atoms with E-state index in [2.05, 4.69) is 41.2 Å². The van der Waals surface area contributed by atoms with Crippen molar-refractivity contribution in [1.82, 2.24) is 15.1 Å². The van der Waals surface area contributed by atoms with Gasteiger partial charge in [-0.25, -0.2) is 0 Å². The summed E-state index contributed by atoms with van der Waals surface area (Å²) in [6, 6.07) is 8.96. The first-order valence-corrected chi connectivity index (χ1v) is 7.99. The fraction of sp³-hybridized carbons (Fsp3) is 0.588. The summed E-state index contributed by atoms with van der Waals surface area (Å²) in [6.07, 6.45) is 3.17. The molecule has 0 fully saturated rings. The zero-order chi connectivity index (χ0) is 15.1. The van der Waals surface area contributed by atoms with Gasteiger partial charge in [0.25, 0.3) is 0 Å². The quantitative estimate of drug-likeness (QED) is 0.721. The molecule has 116 valence electrons. The van der Waals surface area contributed by atoms with Gasteiger partial charge in [-0.15, -0.1) is 0 Å². The number of nitrogens with zero attached hydrogens (tertiary/aromatic N) is 2. The van der Waals surface area contributed by atoms with Crippen LogP contribution in [0.25, 0.3) is 10.9 Å². The zero-order valence-corrected chi connectivity index (χ0v) is 13.4. The van der Waals surface area contributed by atoms with Gasteiger partial charge in [0.1, 0.15) is 0 Å². The molecule has 1 aromatic carbocycles. The van der Waals surface area contributed by atoms with Gasteiger partial charge in [-0.05, 0) is 39.8 Å². The third-order valence-corrected chi connectivity index (χ3v) is 3.93. The molecular weight excluding hydrogens is 262 g/mol. The molecule has 4 nitrogen and oxygen atoms in total. The number of para-hydroxylation sites is 1. The monoisotopic (exact) mass is 289 g/mol. The van der Waals surface area contributed by atoms with Crippen LogP contribution < -0.4 is 5.32 Å². The van der Waals surface area contributed by atoms with E-state index in [9.17, 15) is 0 Å². The Morgan fingerprint density at radius 1 is 1.29 bits per heavy atom.